The van der Waals surface area contributed by atoms with Gasteiger partial charge < -0.3 is 5.32 Å². The van der Waals surface area contributed by atoms with Crippen molar-refractivity contribution in [3.63, 3.8) is 0 Å². The average molecular weight is 189 g/mol. The lowest BCUT2D eigenvalue weighted by molar-refractivity contribution is 0.507. The lowest BCUT2D eigenvalue weighted by Crippen LogP contribution is -2.30. The van der Waals surface area contributed by atoms with Gasteiger partial charge in [-0.15, -0.1) is 0 Å². The number of hydrogen-bond acceptors (Lipinski definition) is 1. The van der Waals surface area contributed by atoms with E-state index in [1.54, 1.807) is 0 Å². The Morgan fingerprint density at radius 2 is 1.93 bits per heavy atom. The molecule has 1 aromatic rings. The van der Waals surface area contributed by atoms with Crippen molar-refractivity contribution in [3.05, 3.63) is 35.9 Å². The highest BCUT2D eigenvalue weighted by atomic mass is 14.9. The molecule has 1 nitrogen and oxygen atoms in total. The topological polar surface area (TPSA) is 12.0 Å². The van der Waals surface area contributed by atoms with E-state index in [0.29, 0.717) is 6.04 Å². The van der Waals surface area contributed by atoms with Crippen LogP contribution < -0.4 is 5.32 Å². The molecular weight excluding hydrogens is 170 g/mol. The largest absolute Gasteiger partial charge is 0.314 e. The van der Waals surface area contributed by atoms with E-state index in [9.17, 15) is 0 Å². The lowest BCUT2D eigenvalue weighted by Gasteiger charge is -2.15. The van der Waals surface area contributed by atoms with E-state index in [4.69, 9.17) is 0 Å². The lowest BCUT2D eigenvalue weighted by atomic mass is 10.0. The molecule has 2 rings (SSSR count). The SMILES string of the molecule is c1ccc(CC2CCCCCN2)cc1. The van der Waals surface area contributed by atoms with Gasteiger partial charge in [0.05, 0.1) is 0 Å². The molecule has 76 valence electrons. The molecule has 1 heterocycles. The van der Waals surface area contributed by atoms with Crippen molar-refractivity contribution in [3.8, 4) is 0 Å². The van der Waals surface area contributed by atoms with E-state index < -0.39 is 0 Å². The van der Waals surface area contributed by atoms with E-state index >= 15 is 0 Å². The molecule has 1 unspecified atom stereocenters. The van der Waals surface area contributed by atoms with Crippen LogP contribution in [-0.4, -0.2) is 12.6 Å². The maximum Gasteiger partial charge on any atom is 0.0107 e. The molecule has 0 radical (unpaired) electrons. The van der Waals surface area contributed by atoms with E-state index in [0.717, 1.165) is 0 Å². The molecule has 1 N–H and O–H groups in total. The third kappa shape index (κ3) is 2.85. The summed E-state index contributed by atoms with van der Waals surface area (Å²) in [5.74, 6) is 0. The first-order chi connectivity index (χ1) is 6.95. The van der Waals surface area contributed by atoms with Crippen LogP contribution >= 0.6 is 0 Å². The first-order valence-corrected chi connectivity index (χ1v) is 5.72. The molecular formula is C13H19N. The molecule has 0 aromatic heterocycles. The van der Waals surface area contributed by atoms with Crippen molar-refractivity contribution in [2.75, 3.05) is 6.54 Å². The van der Waals surface area contributed by atoms with Crippen LogP contribution in [0.2, 0.25) is 0 Å². The van der Waals surface area contributed by atoms with Gasteiger partial charge in [0.25, 0.3) is 0 Å². The molecule has 0 saturated carbocycles. The minimum atomic E-state index is 0.708. The Kier molecular flexibility index (Phi) is 3.58. The van der Waals surface area contributed by atoms with Crippen LogP contribution in [0, 0.1) is 0 Å². The molecule has 14 heavy (non-hydrogen) atoms. The molecule has 1 saturated heterocycles. The Balaban J connectivity index is 1.90. The van der Waals surface area contributed by atoms with Crippen LogP contribution in [0.1, 0.15) is 31.2 Å². The molecule has 1 aliphatic rings. The fourth-order valence-electron chi connectivity index (χ4n) is 2.17. The maximum atomic E-state index is 3.63. The fraction of sp³-hybridized carbons (Fsp3) is 0.538. The molecule has 1 aromatic carbocycles. The van der Waals surface area contributed by atoms with Gasteiger partial charge in [0.2, 0.25) is 0 Å². The summed E-state index contributed by atoms with van der Waals surface area (Å²) < 4.78 is 0. The Morgan fingerprint density at radius 1 is 1.07 bits per heavy atom. The van der Waals surface area contributed by atoms with Crippen molar-refractivity contribution in [2.24, 2.45) is 0 Å². The van der Waals surface area contributed by atoms with E-state index in [-0.39, 0.29) is 0 Å². The second-order valence-corrected chi connectivity index (χ2v) is 4.19. The number of nitrogens with one attached hydrogen (secondary N) is 1. The quantitative estimate of drug-likeness (QED) is 0.754. The van der Waals surface area contributed by atoms with Gasteiger partial charge in [-0.25, -0.2) is 0 Å². The molecule has 0 bridgehead atoms. The van der Waals surface area contributed by atoms with Crippen molar-refractivity contribution in [1.29, 1.82) is 0 Å². The molecule has 1 aliphatic heterocycles. The summed E-state index contributed by atoms with van der Waals surface area (Å²) in [5.41, 5.74) is 1.46. The summed E-state index contributed by atoms with van der Waals surface area (Å²) in [6, 6.07) is 11.5. The predicted octanol–water partition coefficient (Wildman–Crippen LogP) is 2.76. The monoisotopic (exact) mass is 189 g/mol. The van der Waals surface area contributed by atoms with Gasteiger partial charge >= 0.3 is 0 Å². The highest BCUT2D eigenvalue weighted by Crippen LogP contribution is 2.12. The van der Waals surface area contributed by atoms with E-state index in [1.165, 1.54) is 44.2 Å². The Morgan fingerprint density at radius 3 is 2.79 bits per heavy atom. The van der Waals surface area contributed by atoms with Crippen LogP contribution in [0.5, 0.6) is 0 Å². The Labute approximate surface area is 86.5 Å². The minimum absolute atomic E-state index is 0.708. The van der Waals surface area contributed by atoms with Crippen molar-refractivity contribution in [2.45, 2.75) is 38.1 Å². The average Bonchev–Trinajstić information content (AvgIpc) is 2.48. The predicted molar refractivity (Wildman–Crippen MR) is 60.4 cm³/mol. The molecule has 1 heteroatoms. The summed E-state index contributed by atoms with van der Waals surface area (Å²) in [6.07, 6.45) is 6.68. The summed E-state index contributed by atoms with van der Waals surface area (Å²) >= 11 is 0. The third-order valence-electron chi connectivity index (χ3n) is 2.99. The number of rotatable bonds is 2. The zero-order valence-corrected chi connectivity index (χ0v) is 8.71. The zero-order valence-electron chi connectivity index (χ0n) is 8.71. The molecule has 0 spiro atoms. The van der Waals surface area contributed by atoms with Gasteiger partial charge in [-0.05, 0) is 31.4 Å². The molecule has 1 fully saturated rings. The highest BCUT2D eigenvalue weighted by molar-refractivity contribution is 5.15. The van der Waals surface area contributed by atoms with Crippen LogP contribution in [0.15, 0.2) is 30.3 Å². The van der Waals surface area contributed by atoms with Crippen LogP contribution in [-0.2, 0) is 6.42 Å². The summed E-state index contributed by atoms with van der Waals surface area (Å²) in [6.45, 7) is 1.21. The Hall–Kier alpha value is -0.820. The van der Waals surface area contributed by atoms with Gasteiger partial charge in [-0.1, -0.05) is 43.2 Å². The zero-order chi connectivity index (χ0) is 9.64. The van der Waals surface area contributed by atoms with E-state index in [2.05, 4.69) is 35.6 Å². The van der Waals surface area contributed by atoms with Crippen LogP contribution in [0.25, 0.3) is 0 Å². The van der Waals surface area contributed by atoms with Gasteiger partial charge in [0, 0.05) is 6.04 Å². The normalized spacial score (nSPS) is 23.0. The van der Waals surface area contributed by atoms with Crippen molar-refractivity contribution in [1.82, 2.24) is 5.32 Å². The first kappa shape index (κ1) is 9.72. The third-order valence-corrected chi connectivity index (χ3v) is 2.99. The van der Waals surface area contributed by atoms with Crippen LogP contribution in [0.4, 0.5) is 0 Å². The molecule has 1 atom stereocenters. The standard InChI is InChI=1S/C13H19N/c1-3-7-12(8-4-1)11-13-9-5-2-6-10-14-13/h1,3-4,7-8,13-14H,2,5-6,9-11H2. The summed E-state index contributed by atoms with van der Waals surface area (Å²) in [4.78, 5) is 0. The fourth-order valence-corrected chi connectivity index (χ4v) is 2.17. The van der Waals surface area contributed by atoms with Gasteiger partial charge in [0.1, 0.15) is 0 Å². The smallest absolute Gasteiger partial charge is 0.0107 e. The molecule has 0 aliphatic carbocycles. The maximum absolute atomic E-state index is 3.63. The van der Waals surface area contributed by atoms with Gasteiger partial charge in [-0.2, -0.15) is 0 Å². The highest BCUT2D eigenvalue weighted by Gasteiger charge is 2.11. The second kappa shape index (κ2) is 5.16. The number of benzene rings is 1. The van der Waals surface area contributed by atoms with E-state index in [1.807, 2.05) is 0 Å². The van der Waals surface area contributed by atoms with Crippen molar-refractivity contribution >= 4 is 0 Å². The Bertz CT molecular complexity index is 247. The second-order valence-electron chi connectivity index (χ2n) is 4.19. The first-order valence-electron chi connectivity index (χ1n) is 5.72. The van der Waals surface area contributed by atoms with Gasteiger partial charge in [0.15, 0.2) is 0 Å². The van der Waals surface area contributed by atoms with Crippen LogP contribution in [0.3, 0.4) is 0 Å². The van der Waals surface area contributed by atoms with Gasteiger partial charge in [-0.3, -0.25) is 0 Å². The minimum Gasteiger partial charge on any atom is -0.314 e. The molecule has 0 amide bonds. The number of hydrogen-bond donors (Lipinski definition) is 1. The summed E-state index contributed by atoms with van der Waals surface area (Å²) in [7, 11) is 0. The summed E-state index contributed by atoms with van der Waals surface area (Å²) in [5, 5.41) is 3.63. The van der Waals surface area contributed by atoms with Crippen molar-refractivity contribution < 1.29 is 0 Å².